The molecule has 26 heavy (non-hydrogen) atoms. The Labute approximate surface area is 155 Å². The van der Waals surface area contributed by atoms with E-state index in [1.54, 1.807) is 24.3 Å². The molecule has 2 unspecified atom stereocenters. The van der Waals surface area contributed by atoms with Crippen LogP contribution in [0.2, 0.25) is 5.28 Å². The lowest BCUT2D eigenvalue weighted by molar-refractivity contribution is -0.148. The number of carboxylic acids is 1. The molecule has 2 aromatic rings. The van der Waals surface area contributed by atoms with Crippen LogP contribution in [-0.4, -0.2) is 27.1 Å². The van der Waals surface area contributed by atoms with Gasteiger partial charge < -0.3 is 10.4 Å². The summed E-state index contributed by atoms with van der Waals surface area (Å²) in [6.07, 6.45) is 3.96. The number of halogens is 2. The number of hydrogen-bond donors (Lipinski definition) is 2. The molecule has 0 saturated heterocycles. The largest absolute Gasteiger partial charge is 0.481 e. The summed E-state index contributed by atoms with van der Waals surface area (Å²) in [7, 11) is 0. The molecule has 2 atom stereocenters. The number of rotatable bonds is 4. The zero-order chi connectivity index (χ0) is 18.3. The van der Waals surface area contributed by atoms with Gasteiger partial charge in [0.25, 0.3) is 0 Å². The molecule has 0 radical (unpaired) electrons. The number of anilines is 1. The Kier molecular flexibility index (Phi) is 4.53. The second-order valence-corrected chi connectivity index (χ2v) is 7.43. The Bertz CT molecular complexity index is 839. The Morgan fingerprint density at radius 3 is 2.54 bits per heavy atom. The van der Waals surface area contributed by atoms with Crippen LogP contribution in [0, 0.1) is 23.6 Å². The van der Waals surface area contributed by atoms with E-state index in [-0.39, 0.29) is 17.2 Å². The van der Waals surface area contributed by atoms with Crippen LogP contribution < -0.4 is 5.32 Å². The van der Waals surface area contributed by atoms with Gasteiger partial charge in [-0.15, -0.1) is 0 Å². The van der Waals surface area contributed by atoms with E-state index in [0.29, 0.717) is 23.0 Å². The Hall–Kier alpha value is -2.21. The standard InChI is InChI=1S/C19H19ClFN3O2/c20-19-22-14(12-3-1-2-4-13(12)21)9-15(24-19)23-17-11-7-5-10(6-8-11)16(17)18(25)26/h1-4,9-11,16-17H,5-8H2,(H,25,26)(H,22,23,24). The van der Waals surface area contributed by atoms with Crippen molar-refractivity contribution >= 4 is 23.4 Å². The third-order valence-corrected chi connectivity index (χ3v) is 5.84. The van der Waals surface area contributed by atoms with Crippen molar-refractivity contribution in [1.29, 1.82) is 0 Å². The van der Waals surface area contributed by atoms with Crippen LogP contribution in [0.4, 0.5) is 10.2 Å². The van der Waals surface area contributed by atoms with Crippen molar-refractivity contribution in [3.8, 4) is 11.3 Å². The highest BCUT2D eigenvalue weighted by Gasteiger charge is 2.47. The summed E-state index contributed by atoms with van der Waals surface area (Å²) in [5.41, 5.74) is 0.707. The Balaban J connectivity index is 1.66. The van der Waals surface area contributed by atoms with Gasteiger partial charge in [-0.3, -0.25) is 4.79 Å². The van der Waals surface area contributed by atoms with E-state index in [9.17, 15) is 14.3 Å². The number of nitrogens with one attached hydrogen (secondary N) is 1. The van der Waals surface area contributed by atoms with E-state index in [1.165, 1.54) is 6.07 Å². The van der Waals surface area contributed by atoms with E-state index in [0.717, 1.165) is 25.7 Å². The van der Waals surface area contributed by atoms with Gasteiger partial charge in [0.1, 0.15) is 11.6 Å². The highest BCUT2D eigenvalue weighted by atomic mass is 35.5. The van der Waals surface area contributed by atoms with Gasteiger partial charge in [0, 0.05) is 17.7 Å². The zero-order valence-corrected chi connectivity index (χ0v) is 14.8. The van der Waals surface area contributed by atoms with Gasteiger partial charge in [-0.1, -0.05) is 12.1 Å². The number of aliphatic carboxylic acids is 1. The molecule has 1 heterocycles. The predicted octanol–water partition coefficient (Wildman–Crippen LogP) is 4.24. The molecule has 0 spiro atoms. The molecular weight excluding hydrogens is 357 g/mol. The minimum Gasteiger partial charge on any atom is -0.481 e. The second-order valence-electron chi connectivity index (χ2n) is 7.10. The molecule has 136 valence electrons. The number of benzene rings is 1. The monoisotopic (exact) mass is 375 g/mol. The van der Waals surface area contributed by atoms with Crippen LogP contribution in [0.1, 0.15) is 25.7 Å². The van der Waals surface area contributed by atoms with Gasteiger partial charge >= 0.3 is 5.97 Å². The number of carboxylic acid groups (broad SMARTS) is 1. The average molecular weight is 376 g/mol. The van der Waals surface area contributed by atoms with E-state index < -0.39 is 17.7 Å². The molecule has 2 N–H and O–H groups in total. The van der Waals surface area contributed by atoms with Crippen LogP contribution in [0.5, 0.6) is 0 Å². The summed E-state index contributed by atoms with van der Waals surface area (Å²) < 4.78 is 14.1. The summed E-state index contributed by atoms with van der Waals surface area (Å²) in [5.74, 6) is -0.676. The fourth-order valence-electron chi connectivity index (χ4n) is 4.48. The zero-order valence-electron chi connectivity index (χ0n) is 14.0. The molecule has 2 bridgehead atoms. The highest BCUT2D eigenvalue weighted by Crippen LogP contribution is 2.46. The summed E-state index contributed by atoms with van der Waals surface area (Å²) in [4.78, 5) is 20.1. The highest BCUT2D eigenvalue weighted by molar-refractivity contribution is 6.28. The maximum atomic E-state index is 14.1. The molecule has 3 fully saturated rings. The van der Waals surface area contributed by atoms with Crippen molar-refractivity contribution in [3.05, 3.63) is 41.4 Å². The summed E-state index contributed by atoms with van der Waals surface area (Å²) in [5, 5.41) is 13.0. The minimum absolute atomic E-state index is 0.00102. The first kappa shape index (κ1) is 17.2. The summed E-state index contributed by atoms with van der Waals surface area (Å²) >= 11 is 6.05. The molecule has 0 aliphatic heterocycles. The predicted molar refractivity (Wildman–Crippen MR) is 96.4 cm³/mol. The number of hydrogen-bond acceptors (Lipinski definition) is 4. The lowest BCUT2D eigenvalue weighted by atomic mass is 9.61. The minimum atomic E-state index is -0.772. The smallest absolute Gasteiger partial charge is 0.308 e. The fourth-order valence-corrected chi connectivity index (χ4v) is 4.66. The van der Waals surface area contributed by atoms with E-state index >= 15 is 0 Å². The normalized spacial score (nSPS) is 27.3. The van der Waals surface area contributed by atoms with E-state index in [2.05, 4.69) is 15.3 Å². The van der Waals surface area contributed by atoms with Crippen molar-refractivity contribution in [2.75, 3.05) is 5.32 Å². The molecule has 3 aliphatic rings. The van der Waals surface area contributed by atoms with Gasteiger partial charge in [0.05, 0.1) is 11.6 Å². The first-order chi connectivity index (χ1) is 12.5. The van der Waals surface area contributed by atoms with Gasteiger partial charge in [0.2, 0.25) is 5.28 Å². The molecule has 3 aliphatic carbocycles. The first-order valence-corrected chi connectivity index (χ1v) is 9.19. The maximum absolute atomic E-state index is 14.1. The van der Waals surface area contributed by atoms with Gasteiger partial charge in [-0.2, -0.15) is 0 Å². The molecule has 5 rings (SSSR count). The number of aromatic nitrogens is 2. The first-order valence-electron chi connectivity index (χ1n) is 8.82. The van der Waals surface area contributed by atoms with Crippen LogP contribution in [-0.2, 0) is 4.79 Å². The Morgan fingerprint density at radius 1 is 1.15 bits per heavy atom. The third kappa shape index (κ3) is 3.14. The second kappa shape index (κ2) is 6.83. The van der Waals surface area contributed by atoms with Crippen LogP contribution >= 0.6 is 11.6 Å². The number of nitrogens with zero attached hydrogens (tertiary/aromatic N) is 2. The van der Waals surface area contributed by atoms with E-state index in [4.69, 9.17) is 11.6 Å². The molecule has 7 heteroatoms. The van der Waals surface area contributed by atoms with Crippen LogP contribution in [0.25, 0.3) is 11.3 Å². The average Bonchev–Trinajstić information content (AvgIpc) is 2.62. The van der Waals surface area contributed by atoms with Crippen molar-refractivity contribution in [2.24, 2.45) is 17.8 Å². The Morgan fingerprint density at radius 2 is 1.85 bits per heavy atom. The quantitative estimate of drug-likeness (QED) is 0.782. The molecule has 3 saturated carbocycles. The third-order valence-electron chi connectivity index (χ3n) is 5.67. The SMILES string of the molecule is O=C(O)C1C2CCC(CC2)C1Nc1cc(-c2ccccc2F)nc(Cl)n1. The lowest BCUT2D eigenvalue weighted by Gasteiger charge is -2.47. The lowest BCUT2D eigenvalue weighted by Crippen LogP contribution is -2.51. The van der Waals surface area contributed by atoms with Crippen LogP contribution in [0.3, 0.4) is 0 Å². The topological polar surface area (TPSA) is 75.1 Å². The van der Waals surface area contributed by atoms with Crippen LogP contribution in [0.15, 0.2) is 30.3 Å². The summed E-state index contributed by atoms with van der Waals surface area (Å²) in [6.45, 7) is 0. The van der Waals surface area contributed by atoms with Crippen molar-refractivity contribution < 1.29 is 14.3 Å². The fraction of sp³-hybridized carbons (Fsp3) is 0.421. The maximum Gasteiger partial charge on any atom is 0.308 e. The van der Waals surface area contributed by atoms with Crippen molar-refractivity contribution in [1.82, 2.24) is 9.97 Å². The van der Waals surface area contributed by atoms with Gasteiger partial charge in [0.15, 0.2) is 0 Å². The van der Waals surface area contributed by atoms with E-state index in [1.807, 2.05) is 0 Å². The number of carbonyl (C=O) groups is 1. The molecular formula is C19H19ClFN3O2. The van der Waals surface area contributed by atoms with Gasteiger partial charge in [-0.25, -0.2) is 14.4 Å². The van der Waals surface area contributed by atoms with Crippen molar-refractivity contribution in [2.45, 2.75) is 31.7 Å². The van der Waals surface area contributed by atoms with Crippen molar-refractivity contribution in [3.63, 3.8) is 0 Å². The molecule has 0 amide bonds. The molecule has 1 aromatic heterocycles. The molecule has 5 nitrogen and oxygen atoms in total. The number of fused-ring (bicyclic) bond motifs is 3. The van der Waals surface area contributed by atoms with Gasteiger partial charge in [-0.05, 0) is 61.3 Å². The molecule has 1 aromatic carbocycles. The summed E-state index contributed by atoms with van der Waals surface area (Å²) in [6, 6.07) is 7.75.